The Morgan fingerprint density at radius 2 is 2.44 bits per heavy atom. The lowest BCUT2D eigenvalue weighted by Crippen LogP contribution is -2.31. The van der Waals surface area contributed by atoms with Crippen LogP contribution in [0.15, 0.2) is 23.4 Å². The van der Waals surface area contributed by atoms with Crippen molar-refractivity contribution < 1.29 is 4.92 Å². The minimum Gasteiger partial charge on any atom is -0.316 e. The molecule has 1 fully saturated rings. The predicted octanol–water partition coefficient (Wildman–Crippen LogP) is 1.83. The lowest BCUT2D eigenvalue weighted by molar-refractivity contribution is -0.385. The summed E-state index contributed by atoms with van der Waals surface area (Å²) >= 11 is 1.69. The van der Waals surface area contributed by atoms with Gasteiger partial charge in [-0.25, -0.2) is 4.98 Å². The largest absolute Gasteiger partial charge is 0.316 e. The van der Waals surface area contributed by atoms with Crippen LogP contribution < -0.4 is 5.32 Å². The van der Waals surface area contributed by atoms with Crippen molar-refractivity contribution in [2.45, 2.75) is 23.1 Å². The minimum absolute atomic E-state index is 0.0473. The second-order valence-electron chi connectivity index (χ2n) is 3.70. The fraction of sp³-hybridized carbons (Fsp3) is 0.500. The molecule has 1 saturated heterocycles. The van der Waals surface area contributed by atoms with Crippen molar-refractivity contribution in [3.05, 3.63) is 28.4 Å². The van der Waals surface area contributed by atoms with Crippen LogP contribution in [-0.4, -0.2) is 28.2 Å². The van der Waals surface area contributed by atoms with Gasteiger partial charge < -0.3 is 5.32 Å². The van der Waals surface area contributed by atoms with Gasteiger partial charge in [-0.1, -0.05) is 0 Å². The van der Waals surface area contributed by atoms with Crippen molar-refractivity contribution >= 4 is 17.4 Å². The van der Waals surface area contributed by atoms with Gasteiger partial charge in [0.2, 0.25) is 0 Å². The topological polar surface area (TPSA) is 68.1 Å². The summed E-state index contributed by atoms with van der Waals surface area (Å²) in [5, 5.41) is 15.2. The summed E-state index contributed by atoms with van der Waals surface area (Å²) in [6.07, 6.45) is 3.68. The maximum Gasteiger partial charge on any atom is 0.287 e. The molecule has 1 aromatic rings. The van der Waals surface area contributed by atoms with Crippen molar-refractivity contribution in [2.75, 3.05) is 13.1 Å². The van der Waals surface area contributed by atoms with E-state index in [-0.39, 0.29) is 5.69 Å². The minimum atomic E-state index is -0.427. The van der Waals surface area contributed by atoms with Gasteiger partial charge in [0.25, 0.3) is 5.69 Å². The van der Waals surface area contributed by atoms with Gasteiger partial charge in [0.1, 0.15) is 6.20 Å². The summed E-state index contributed by atoms with van der Waals surface area (Å²) in [6, 6.07) is 3.23. The molecule has 0 saturated carbocycles. The zero-order valence-electron chi connectivity index (χ0n) is 8.76. The highest BCUT2D eigenvalue weighted by Crippen LogP contribution is 2.26. The Bertz CT molecular complexity index is 363. The summed E-state index contributed by atoms with van der Waals surface area (Å²) in [7, 11) is 0. The third-order valence-electron chi connectivity index (χ3n) is 2.47. The Hall–Kier alpha value is -1.14. The first-order valence-corrected chi connectivity index (χ1v) is 6.11. The molecule has 2 rings (SSSR count). The third kappa shape index (κ3) is 2.93. The zero-order valence-corrected chi connectivity index (χ0v) is 9.57. The average molecular weight is 239 g/mol. The van der Waals surface area contributed by atoms with Crippen LogP contribution in [0.5, 0.6) is 0 Å². The van der Waals surface area contributed by atoms with Crippen LogP contribution in [-0.2, 0) is 0 Å². The summed E-state index contributed by atoms with van der Waals surface area (Å²) in [5.41, 5.74) is 0.0473. The van der Waals surface area contributed by atoms with Gasteiger partial charge in [0.05, 0.1) is 9.95 Å². The normalized spacial score (nSPS) is 20.6. The molecular weight excluding hydrogens is 226 g/mol. The molecule has 1 aliphatic rings. The quantitative estimate of drug-likeness (QED) is 0.644. The Labute approximate surface area is 97.8 Å². The molecule has 0 aromatic carbocycles. The number of pyridine rings is 1. The average Bonchev–Trinajstić information content (AvgIpc) is 2.31. The smallest absolute Gasteiger partial charge is 0.287 e. The number of nitrogens with one attached hydrogen (secondary N) is 1. The molecule has 1 N–H and O–H groups in total. The molecular formula is C10H13N3O2S. The van der Waals surface area contributed by atoms with Crippen LogP contribution in [0.3, 0.4) is 0 Å². The van der Waals surface area contributed by atoms with Crippen molar-refractivity contribution in [1.29, 1.82) is 0 Å². The first kappa shape index (κ1) is 11.3. The van der Waals surface area contributed by atoms with E-state index >= 15 is 0 Å². The monoisotopic (exact) mass is 239 g/mol. The van der Waals surface area contributed by atoms with Gasteiger partial charge in [0.15, 0.2) is 0 Å². The molecule has 1 aliphatic heterocycles. The van der Waals surface area contributed by atoms with Crippen molar-refractivity contribution in [3.8, 4) is 0 Å². The number of rotatable bonds is 3. The maximum absolute atomic E-state index is 10.5. The van der Waals surface area contributed by atoms with Crippen LogP contribution in [0.25, 0.3) is 0 Å². The Morgan fingerprint density at radius 3 is 3.00 bits per heavy atom. The molecule has 0 radical (unpaired) electrons. The third-order valence-corrected chi connectivity index (χ3v) is 3.69. The van der Waals surface area contributed by atoms with Gasteiger partial charge in [-0.05, 0) is 25.5 Å². The van der Waals surface area contributed by atoms with Gasteiger partial charge in [-0.2, -0.15) is 0 Å². The number of thioether (sulfide) groups is 1. The molecule has 1 atom stereocenters. The summed E-state index contributed by atoms with van der Waals surface area (Å²) < 4.78 is 0. The Balaban J connectivity index is 1.96. The molecule has 0 amide bonds. The number of nitro groups is 1. The highest BCUT2D eigenvalue weighted by atomic mass is 32.2. The molecule has 6 heteroatoms. The van der Waals surface area contributed by atoms with E-state index in [4.69, 9.17) is 0 Å². The van der Waals surface area contributed by atoms with Crippen LogP contribution in [0, 0.1) is 10.1 Å². The van der Waals surface area contributed by atoms with Crippen LogP contribution >= 0.6 is 11.8 Å². The first-order valence-electron chi connectivity index (χ1n) is 5.23. The molecule has 5 nitrogen and oxygen atoms in total. The summed E-state index contributed by atoms with van der Waals surface area (Å²) in [6.45, 7) is 2.08. The zero-order chi connectivity index (χ0) is 11.4. The number of hydrogen-bond acceptors (Lipinski definition) is 5. The van der Waals surface area contributed by atoms with Gasteiger partial charge in [-0.3, -0.25) is 10.1 Å². The van der Waals surface area contributed by atoms with Crippen LogP contribution in [0.2, 0.25) is 0 Å². The van der Waals surface area contributed by atoms with E-state index in [0.29, 0.717) is 5.25 Å². The summed E-state index contributed by atoms with van der Waals surface area (Å²) in [4.78, 5) is 14.1. The Kier molecular flexibility index (Phi) is 3.74. The van der Waals surface area contributed by atoms with Crippen molar-refractivity contribution in [1.82, 2.24) is 10.3 Å². The molecule has 16 heavy (non-hydrogen) atoms. The lowest BCUT2D eigenvalue weighted by atomic mass is 10.2. The number of piperidine rings is 1. The first-order chi connectivity index (χ1) is 7.75. The fourth-order valence-corrected chi connectivity index (χ4v) is 2.73. The molecule has 0 spiro atoms. The lowest BCUT2D eigenvalue weighted by Gasteiger charge is -2.21. The Morgan fingerprint density at radius 1 is 1.56 bits per heavy atom. The predicted molar refractivity (Wildman–Crippen MR) is 62.6 cm³/mol. The molecule has 86 valence electrons. The molecule has 1 aromatic heterocycles. The number of nitrogens with zero attached hydrogens (tertiary/aromatic N) is 2. The molecule has 2 heterocycles. The van der Waals surface area contributed by atoms with E-state index in [9.17, 15) is 10.1 Å². The van der Waals surface area contributed by atoms with E-state index in [1.807, 2.05) is 0 Å². The van der Waals surface area contributed by atoms with E-state index in [2.05, 4.69) is 10.3 Å². The van der Waals surface area contributed by atoms with E-state index in [1.54, 1.807) is 17.8 Å². The van der Waals surface area contributed by atoms with E-state index < -0.39 is 4.92 Å². The maximum atomic E-state index is 10.5. The van der Waals surface area contributed by atoms with E-state index in [0.717, 1.165) is 18.1 Å². The summed E-state index contributed by atoms with van der Waals surface area (Å²) in [5.74, 6) is 0. The van der Waals surface area contributed by atoms with E-state index in [1.165, 1.54) is 25.1 Å². The molecule has 0 bridgehead atoms. The highest BCUT2D eigenvalue weighted by Gasteiger charge is 2.15. The SMILES string of the molecule is O=[N+]([O-])c1ccc(SC2CCCNC2)nc1. The van der Waals surface area contributed by atoms with Crippen molar-refractivity contribution in [3.63, 3.8) is 0 Å². The van der Waals surface area contributed by atoms with Crippen LogP contribution in [0.4, 0.5) is 5.69 Å². The van der Waals surface area contributed by atoms with Crippen LogP contribution in [0.1, 0.15) is 12.8 Å². The second kappa shape index (κ2) is 5.27. The number of hydrogen-bond donors (Lipinski definition) is 1. The second-order valence-corrected chi connectivity index (χ2v) is 5.02. The molecule has 1 unspecified atom stereocenters. The highest BCUT2D eigenvalue weighted by molar-refractivity contribution is 7.99. The van der Waals surface area contributed by atoms with Gasteiger partial charge in [0, 0.05) is 17.9 Å². The fourth-order valence-electron chi connectivity index (χ4n) is 1.64. The number of aromatic nitrogens is 1. The van der Waals surface area contributed by atoms with Gasteiger partial charge in [-0.15, -0.1) is 11.8 Å². The standard InChI is InChI=1S/C10H13N3O2S/c14-13(15)8-3-4-10(12-6-8)16-9-2-1-5-11-7-9/h3-4,6,9,11H,1-2,5,7H2. The molecule has 0 aliphatic carbocycles. The van der Waals surface area contributed by atoms with Gasteiger partial charge >= 0.3 is 0 Å². The van der Waals surface area contributed by atoms with Crippen molar-refractivity contribution in [2.24, 2.45) is 0 Å².